The van der Waals surface area contributed by atoms with Crippen LogP contribution < -0.4 is 5.32 Å². The van der Waals surface area contributed by atoms with E-state index < -0.39 is 0 Å². The van der Waals surface area contributed by atoms with Crippen molar-refractivity contribution in [2.45, 2.75) is 66.2 Å². The van der Waals surface area contributed by atoms with Gasteiger partial charge in [0.2, 0.25) is 11.8 Å². The first-order valence-electron chi connectivity index (χ1n) is 10.2. The third-order valence-electron chi connectivity index (χ3n) is 4.83. The van der Waals surface area contributed by atoms with Gasteiger partial charge in [-0.2, -0.15) is 0 Å². The van der Waals surface area contributed by atoms with Crippen LogP contribution in [0.1, 0.15) is 66.2 Å². The zero-order valence-corrected chi connectivity index (χ0v) is 16.9. The zero-order valence-electron chi connectivity index (χ0n) is 16.9. The minimum atomic E-state index is 0.0726. The minimum Gasteiger partial charge on any atom is -0.355 e. The monoisotopic (exact) mass is 353 g/mol. The molecule has 0 bridgehead atoms. The molecule has 1 aliphatic heterocycles. The average molecular weight is 354 g/mol. The summed E-state index contributed by atoms with van der Waals surface area (Å²) >= 11 is 0. The fourth-order valence-electron chi connectivity index (χ4n) is 3.88. The Morgan fingerprint density at radius 3 is 2.20 bits per heavy atom. The molecule has 0 saturated carbocycles. The van der Waals surface area contributed by atoms with E-state index in [1.807, 2.05) is 4.90 Å². The first kappa shape index (κ1) is 21.9. The summed E-state index contributed by atoms with van der Waals surface area (Å²) in [4.78, 5) is 28.5. The average Bonchev–Trinajstić information content (AvgIpc) is 2.53. The predicted octanol–water partition coefficient (Wildman–Crippen LogP) is 2.90. The standard InChI is InChI=1S/C20H39N3O2/c1-5-11-23(12-6-2)20(25)9-7-8-19(24)21-10-13-22-15-17(3)14-18(4)16-22/h17-18H,5-16H2,1-4H3,(H,21,24). The highest BCUT2D eigenvalue weighted by Gasteiger charge is 2.21. The number of rotatable bonds is 11. The van der Waals surface area contributed by atoms with Gasteiger partial charge in [0.15, 0.2) is 0 Å². The lowest BCUT2D eigenvalue weighted by Gasteiger charge is -2.34. The molecule has 1 aliphatic rings. The van der Waals surface area contributed by atoms with Crippen LogP contribution in [-0.2, 0) is 9.59 Å². The summed E-state index contributed by atoms with van der Waals surface area (Å²) in [5, 5.41) is 3.01. The fraction of sp³-hybridized carbons (Fsp3) is 0.900. The molecule has 0 aliphatic carbocycles. The Morgan fingerprint density at radius 1 is 1.04 bits per heavy atom. The molecule has 0 radical (unpaired) electrons. The van der Waals surface area contributed by atoms with Crippen molar-refractivity contribution >= 4 is 11.8 Å². The lowest BCUT2D eigenvalue weighted by molar-refractivity contribution is -0.131. The predicted molar refractivity (Wildman–Crippen MR) is 103 cm³/mol. The maximum absolute atomic E-state index is 12.2. The molecular weight excluding hydrogens is 314 g/mol. The summed E-state index contributed by atoms with van der Waals surface area (Å²) in [6.07, 6.45) is 4.86. The van der Waals surface area contributed by atoms with Crippen molar-refractivity contribution in [2.75, 3.05) is 39.3 Å². The number of nitrogens with one attached hydrogen (secondary N) is 1. The van der Waals surface area contributed by atoms with Gasteiger partial charge >= 0.3 is 0 Å². The molecule has 146 valence electrons. The highest BCUT2D eigenvalue weighted by atomic mass is 16.2. The van der Waals surface area contributed by atoms with Crippen molar-refractivity contribution in [3.05, 3.63) is 0 Å². The maximum Gasteiger partial charge on any atom is 0.222 e. The van der Waals surface area contributed by atoms with Gasteiger partial charge in [-0.15, -0.1) is 0 Å². The van der Waals surface area contributed by atoms with Gasteiger partial charge in [-0.05, 0) is 37.5 Å². The van der Waals surface area contributed by atoms with Crippen LogP contribution >= 0.6 is 0 Å². The maximum atomic E-state index is 12.2. The van der Waals surface area contributed by atoms with E-state index in [9.17, 15) is 9.59 Å². The molecule has 2 amide bonds. The van der Waals surface area contributed by atoms with Gasteiger partial charge in [0, 0.05) is 52.1 Å². The number of hydrogen-bond donors (Lipinski definition) is 1. The van der Waals surface area contributed by atoms with Crippen molar-refractivity contribution < 1.29 is 9.59 Å². The van der Waals surface area contributed by atoms with E-state index in [1.54, 1.807) is 0 Å². The highest BCUT2D eigenvalue weighted by molar-refractivity contribution is 5.78. The molecule has 0 aromatic heterocycles. The van der Waals surface area contributed by atoms with Crippen molar-refractivity contribution in [2.24, 2.45) is 11.8 Å². The van der Waals surface area contributed by atoms with Gasteiger partial charge in [-0.25, -0.2) is 0 Å². The fourth-order valence-corrected chi connectivity index (χ4v) is 3.88. The van der Waals surface area contributed by atoms with E-state index in [-0.39, 0.29) is 11.8 Å². The molecule has 1 rings (SSSR count). The molecule has 2 unspecified atom stereocenters. The second-order valence-electron chi connectivity index (χ2n) is 7.79. The molecule has 0 aromatic rings. The molecule has 0 aromatic carbocycles. The van der Waals surface area contributed by atoms with Crippen LogP contribution in [0.25, 0.3) is 0 Å². The van der Waals surface area contributed by atoms with Crippen LogP contribution in [0.2, 0.25) is 0 Å². The summed E-state index contributed by atoms with van der Waals surface area (Å²) in [5.41, 5.74) is 0. The Morgan fingerprint density at radius 2 is 1.64 bits per heavy atom. The number of carbonyl (C=O) groups is 2. The number of hydrogen-bond acceptors (Lipinski definition) is 3. The van der Waals surface area contributed by atoms with Crippen LogP contribution in [0.5, 0.6) is 0 Å². The Labute approximate surface area is 154 Å². The van der Waals surface area contributed by atoms with Gasteiger partial charge in [-0.1, -0.05) is 27.7 Å². The van der Waals surface area contributed by atoms with Gasteiger partial charge < -0.3 is 15.1 Å². The third-order valence-corrected chi connectivity index (χ3v) is 4.83. The molecule has 1 heterocycles. The second-order valence-corrected chi connectivity index (χ2v) is 7.79. The van der Waals surface area contributed by atoms with E-state index in [4.69, 9.17) is 0 Å². The molecule has 5 nitrogen and oxygen atoms in total. The summed E-state index contributed by atoms with van der Waals surface area (Å²) in [7, 11) is 0. The first-order chi connectivity index (χ1) is 12.0. The van der Waals surface area contributed by atoms with E-state index in [0.717, 1.165) is 57.4 Å². The van der Waals surface area contributed by atoms with Crippen LogP contribution in [0.15, 0.2) is 0 Å². The lowest BCUT2D eigenvalue weighted by atomic mass is 9.92. The normalized spacial score (nSPS) is 21.1. The molecule has 2 atom stereocenters. The lowest BCUT2D eigenvalue weighted by Crippen LogP contribution is -2.42. The number of piperidine rings is 1. The van der Waals surface area contributed by atoms with Crippen molar-refractivity contribution in [3.63, 3.8) is 0 Å². The Bertz CT molecular complexity index is 384. The van der Waals surface area contributed by atoms with Crippen LogP contribution in [0, 0.1) is 11.8 Å². The van der Waals surface area contributed by atoms with Crippen molar-refractivity contribution in [3.8, 4) is 0 Å². The minimum absolute atomic E-state index is 0.0726. The van der Waals surface area contributed by atoms with E-state index in [1.165, 1.54) is 6.42 Å². The Balaban J connectivity index is 2.15. The summed E-state index contributed by atoms with van der Waals surface area (Å²) < 4.78 is 0. The molecular formula is C20H39N3O2. The molecule has 25 heavy (non-hydrogen) atoms. The smallest absolute Gasteiger partial charge is 0.222 e. The first-order valence-corrected chi connectivity index (χ1v) is 10.2. The van der Waals surface area contributed by atoms with Crippen LogP contribution in [0.4, 0.5) is 0 Å². The van der Waals surface area contributed by atoms with E-state index in [0.29, 0.717) is 25.8 Å². The van der Waals surface area contributed by atoms with Gasteiger partial charge in [0.05, 0.1) is 0 Å². The molecule has 5 heteroatoms. The Hall–Kier alpha value is -1.10. The zero-order chi connectivity index (χ0) is 18.7. The highest BCUT2D eigenvalue weighted by Crippen LogP contribution is 2.20. The number of carbonyl (C=O) groups excluding carboxylic acids is 2. The Kier molecular flexibility index (Phi) is 10.8. The van der Waals surface area contributed by atoms with Gasteiger partial charge in [0.25, 0.3) is 0 Å². The van der Waals surface area contributed by atoms with Gasteiger partial charge in [-0.3, -0.25) is 9.59 Å². The largest absolute Gasteiger partial charge is 0.355 e. The van der Waals surface area contributed by atoms with Crippen molar-refractivity contribution in [1.82, 2.24) is 15.1 Å². The van der Waals surface area contributed by atoms with Gasteiger partial charge in [0.1, 0.15) is 0 Å². The quantitative estimate of drug-likeness (QED) is 0.621. The summed E-state index contributed by atoms with van der Waals surface area (Å²) in [5.74, 6) is 1.76. The summed E-state index contributed by atoms with van der Waals surface area (Å²) in [6, 6.07) is 0. The molecule has 1 fully saturated rings. The molecule has 1 N–H and O–H groups in total. The van der Waals surface area contributed by atoms with E-state index >= 15 is 0 Å². The number of likely N-dealkylation sites (tertiary alicyclic amines) is 1. The van der Waals surface area contributed by atoms with Crippen LogP contribution in [0.3, 0.4) is 0 Å². The molecule has 0 spiro atoms. The second kappa shape index (κ2) is 12.3. The number of nitrogens with zero attached hydrogens (tertiary/aromatic N) is 2. The number of amides is 2. The third kappa shape index (κ3) is 9.24. The topological polar surface area (TPSA) is 52.7 Å². The van der Waals surface area contributed by atoms with Crippen molar-refractivity contribution in [1.29, 1.82) is 0 Å². The molecule has 1 saturated heterocycles. The van der Waals surface area contributed by atoms with E-state index in [2.05, 4.69) is 37.9 Å². The van der Waals surface area contributed by atoms with Crippen LogP contribution in [-0.4, -0.2) is 60.9 Å². The SMILES string of the molecule is CCCN(CCC)C(=O)CCCC(=O)NCCN1CC(C)CC(C)C1. The summed E-state index contributed by atoms with van der Waals surface area (Å²) in [6.45, 7) is 14.4.